The number of carbonyl (C=O) groups is 3. The number of hydrogen-bond donors (Lipinski definition) is 2. The van der Waals surface area contributed by atoms with Crippen molar-refractivity contribution in [1.29, 1.82) is 5.26 Å². The molecular weight excluding hydrogens is 492 g/mol. The molecule has 37 heavy (non-hydrogen) atoms. The monoisotopic (exact) mass is 514 g/mol. The second-order valence-electron chi connectivity index (χ2n) is 9.03. The number of anilines is 1. The minimum Gasteiger partial charge on any atom is -0.436 e. The van der Waals surface area contributed by atoms with E-state index in [0.717, 1.165) is 10.5 Å². The number of hydrogen-bond acceptors (Lipinski definition) is 6. The van der Waals surface area contributed by atoms with Crippen molar-refractivity contribution in [3.63, 3.8) is 0 Å². The van der Waals surface area contributed by atoms with Crippen LogP contribution >= 0.6 is 11.6 Å². The summed E-state index contributed by atoms with van der Waals surface area (Å²) >= 11 is 6.29. The van der Waals surface area contributed by atoms with Crippen LogP contribution in [0.4, 0.5) is 10.5 Å². The van der Waals surface area contributed by atoms with Gasteiger partial charge in [-0.1, -0.05) is 41.9 Å². The number of nitrogens with one attached hydrogen (secondary N) is 2. The molecule has 2 atom stereocenters. The zero-order chi connectivity index (χ0) is 26.0. The van der Waals surface area contributed by atoms with Gasteiger partial charge in [-0.2, -0.15) is 5.26 Å². The second-order valence-corrected chi connectivity index (χ2v) is 9.47. The van der Waals surface area contributed by atoms with Crippen LogP contribution in [0, 0.1) is 11.3 Å². The summed E-state index contributed by atoms with van der Waals surface area (Å²) in [5.41, 5.74) is 1.63. The van der Waals surface area contributed by atoms with E-state index < -0.39 is 29.6 Å². The van der Waals surface area contributed by atoms with Gasteiger partial charge in [-0.3, -0.25) is 9.59 Å². The van der Waals surface area contributed by atoms with Crippen molar-refractivity contribution in [3.05, 3.63) is 100 Å². The maximum atomic E-state index is 13.9. The van der Waals surface area contributed by atoms with E-state index in [1.165, 1.54) is 24.3 Å². The minimum absolute atomic E-state index is 0.154. The summed E-state index contributed by atoms with van der Waals surface area (Å²) in [6.45, 7) is 1.07. The quantitative estimate of drug-likeness (QED) is 0.533. The van der Waals surface area contributed by atoms with Crippen LogP contribution in [0.5, 0.6) is 0 Å². The Labute approximate surface area is 218 Å². The first-order valence-electron chi connectivity index (χ1n) is 11.8. The van der Waals surface area contributed by atoms with Crippen LogP contribution in [0.15, 0.2) is 72.8 Å². The Morgan fingerprint density at radius 1 is 1.14 bits per heavy atom. The van der Waals surface area contributed by atoms with Gasteiger partial charge in [0.2, 0.25) is 0 Å². The number of nitriles is 1. The summed E-state index contributed by atoms with van der Waals surface area (Å²) in [6.07, 6.45) is -0.0906. The fourth-order valence-corrected chi connectivity index (χ4v) is 4.94. The van der Waals surface area contributed by atoms with E-state index in [9.17, 15) is 14.4 Å². The van der Waals surface area contributed by atoms with Crippen molar-refractivity contribution in [3.8, 4) is 6.07 Å². The number of halogens is 1. The zero-order valence-corrected chi connectivity index (χ0v) is 20.5. The van der Waals surface area contributed by atoms with Crippen LogP contribution in [0.1, 0.15) is 33.5 Å². The third-order valence-electron chi connectivity index (χ3n) is 6.65. The van der Waals surface area contributed by atoms with Crippen LogP contribution in [0.3, 0.4) is 0 Å². The number of fused-ring (bicyclic) bond motifs is 2. The maximum absolute atomic E-state index is 13.9. The molecule has 3 amide bonds. The van der Waals surface area contributed by atoms with Crippen LogP contribution in [-0.2, 0) is 21.6 Å². The predicted molar refractivity (Wildman–Crippen MR) is 137 cm³/mol. The standard InChI is InChI=1S/C28H23ClN4O4/c29-21-10-11-24-22(15-21)28(12-13-31-17-28)37-27(36)33(24)26(35)23(14-18-4-2-1-3-5-18)32-25(34)20-8-6-19(16-30)7-9-20/h1-11,15,23,31H,12-14,17H2,(H,32,34). The van der Waals surface area contributed by atoms with Gasteiger partial charge in [0.1, 0.15) is 6.04 Å². The molecule has 1 fully saturated rings. The highest BCUT2D eigenvalue weighted by Crippen LogP contribution is 2.44. The van der Waals surface area contributed by atoms with Gasteiger partial charge in [0.05, 0.1) is 17.3 Å². The van der Waals surface area contributed by atoms with Gasteiger partial charge >= 0.3 is 6.09 Å². The van der Waals surface area contributed by atoms with Crippen LogP contribution in [-0.4, -0.2) is 37.0 Å². The molecular formula is C28H23ClN4O4. The summed E-state index contributed by atoms with van der Waals surface area (Å²) in [5, 5.41) is 15.5. The average Bonchev–Trinajstić information content (AvgIpc) is 3.38. The molecule has 0 saturated carbocycles. The number of rotatable bonds is 5. The van der Waals surface area contributed by atoms with Crippen molar-refractivity contribution < 1.29 is 19.1 Å². The number of nitrogens with zero attached hydrogens (tertiary/aromatic N) is 2. The largest absolute Gasteiger partial charge is 0.436 e. The Balaban J connectivity index is 1.50. The van der Waals surface area contributed by atoms with Gasteiger partial charge in [-0.15, -0.1) is 0 Å². The van der Waals surface area contributed by atoms with E-state index >= 15 is 0 Å². The first-order chi connectivity index (χ1) is 17.9. The van der Waals surface area contributed by atoms with Crippen molar-refractivity contribution in [1.82, 2.24) is 10.6 Å². The van der Waals surface area contributed by atoms with Crippen molar-refractivity contribution in [2.24, 2.45) is 0 Å². The molecule has 9 heteroatoms. The van der Waals surface area contributed by atoms with Crippen molar-refractivity contribution in [2.75, 3.05) is 18.0 Å². The highest BCUT2D eigenvalue weighted by molar-refractivity contribution is 6.31. The Bertz CT molecular complexity index is 1400. The van der Waals surface area contributed by atoms with E-state index in [1.54, 1.807) is 18.2 Å². The molecule has 0 aromatic heterocycles. The average molecular weight is 515 g/mol. The van der Waals surface area contributed by atoms with E-state index in [2.05, 4.69) is 10.6 Å². The van der Waals surface area contributed by atoms with E-state index in [1.807, 2.05) is 36.4 Å². The topological polar surface area (TPSA) is 112 Å². The summed E-state index contributed by atoms with van der Waals surface area (Å²) in [6, 6.07) is 21.2. The highest BCUT2D eigenvalue weighted by Gasteiger charge is 2.49. The lowest BCUT2D eigenvalue weighted by molar-refractivity contribution is -0.120. The van der Waals surface area contributed by atoms with Crippen molar-refractivity contribution >= 4 is 35.2 Å². The number of imide groups is 1. The first kappa shape index (κ1) is 24.5. The number of benzene rings is 3. The molecule has 0 radical (unpaired) electrons. The molecule has 3 aromatic rings. The Morgan fingerprint density at radius 3 is 2.57 bits per heavy atom. The summed E-state index contributed by atoms with van der Waals surface area (Å²) < 4.78 is 5.87. The smallest absolute Gasteiger partial charge is 0.422 e. The summed E-state index contributed by atoms with van der Waals surface area (Å²) in [7, 11) is 0. The van der Waals surface area contributed by atoms with Gasteiger partial charge in [0, 0.05) is 35.5 Å². The Hall–Kier alpha value is -4.19. The minimum atomic E-state index is -1.07. The molecule has 1 spiro atoms. The zero-order valence-electron chi connectivity index (χ0n) is 19.7. The summed E-state index contributed by atoms with van der Waals surface area (Å²) in [4.78, 5) is 41.3. The second kappa shape index (κ2) is 10.1. The molecule has 3 aromatic carbocycles. The molecule has 186 valence electrons. The molecule has 2 aliphatic rings. The fourth-order valence-electron chi connectivity index (χ4n) is 4.77. The molecule has 2 unspecified atom stereocenters. The molecule has 2 heterocycles. The van der Waals surface area contributed by atoms with Crippen LogP contribution in [0.25, 0.3) is 0 Å². The molecule has 8 nitrogen and oxygen atoms in total. The lowest BCUT2D eigenvalue weighted by atomic mass is 9.89. The first-order valence-corrected chi connectivity index (χ1v) is 12.2. The van der Waals surface area contributed by atoms with Gasteiger partial charge in [-0.05, 0) is 54.6 Å². The third kappa shape index (κ3) is 4.79. The molecule has 5 rings (SSSR count). The van der Waals surface area contributed by atoms with E-state index in [-0.39, 0.29) is 12.0 Å². The number of amides is 3. The van der Waals surface area contributed by atoms with Crippen molar-refractivity contribution in [2.45, 2.75) is 24.5 Å². The van der Waals surface area contributed by atoms with Crippen LogP contribution < -0.4 is 15.5 Å². The lowest BCUT2D eigenvalue weighted by Crippen LogP contribution is -2.56. The Kier molecular flexibility index (Phi) is 6.66. The SMILES string of the molecule is N#Cc1ccc(C(=O)NC(Cc2ccccc2)C(=O)N2C(=O)OC3(CCNC3)c3cc(Cl)ccc32)cc1. The lowest BCUT2D eigenvalue weighted by Gasteiger charge is -2.40. The van der Waals surface area contributed by atoms with Gasteiger partial charge in [0.15, 0.2) is 5.60 Å². The van der Waals surface area contributed by atoms with Gasteiger partial charge < -0.3 is 15.4 Å². The third-order valence-corrected chi connectivity index (χ3v) is 6.89. The molecule has 1 saturated heterocycles. The van der Waals surface area contributed by atoms with Gasteiger partial charge in [-0.25, -0.2) is 9.69 Å². The van der Waals surface area contributed by atoms with E-state index in [4.69, 9.17) is 21.6 Å². The van der Waals surface area contributed by atoms with Crippen LogP contribution in [0.2, 0.25) is 5.02 Å². The number of ether oxygens (including phenoxy) is 1. The molecule has 0 bridgehead atoms. The van der Waals surface area contributed by atoms with E-state index in [0.29, 0.717) is 41.3 Å². The molecule has 2 N–H and O–H groups in total. The molecule has 0 aliphatic carbocycles. The predicted octanol–water partition coefficient (Wildman–Crippen LogP) is 3.92. The maximum Gasteiger partial charge on any atom is 0.422 e. The highest BCUT2D eigenvalue weighted by atomic mass is 35.5. The van der Waals surface area contributed by atoms with Gasteiger partial charge in [0.25, 0.3) is 11.8 Å². The summed E-state index contributed by atoms with van der Waals surface area (Å²) in [5.74, 6) is -1.13. The molecule has 2 aliphatic heterocycles. The Morgan fingerprint density at radius 2 is 1.89 bits per heavy atom. The fraction of sp³-hybridized carbons (Fsp3) is 0.214. The normalized spacial score (nSPS) is 19.0. The number of carbonyl (C=O) groups excluding carboxylic acids is 3.